The first kappa shape index (κ1) is 11.0. The van der Waals surface area contributed by atoms with E-state index in [0.29, 0.717) is 5.82 Å². The van der Waals surface area contributed by atoms with Gasteiger partial charge in [0.25, 0.3) is 0 Å². The summed E-state index contributed by atoms with van der Waals surface area (Å²) in [4.78, 5) is 13.1. The summed E-state index contributed by atoms with van der Waals surface area (Å²) in [7, 11) is 1.86. The van der Waals surface area contributed by atoms with Crippen LogP contribution in [0.5, 0.6) is 0 Å². The smallest absolute Gasteiger partial charge is 0.190 e. The molecule has 84 valence electrons. The fourth-order valence-electron chi connectivity index (χ4n) is 1.44. The second-order valence-electron chi connectivity index (χ2n) is 3.41. The first-order chi connectivity index (χ1) is 7.83. The normalized spacial score (nSPS) is 10.4. The Morgan fingerprint density at radius 2 is 2.25 bits per heavy atom. The third kappa shape index (κ3) is 2.36. The zero-order valence-corrected chi connectivity index (χ0v) is 10.2. The maximum Gasteiger partial charge on any atom is 0.190 e. The van der Waals surface area contributed by atoms with Crippen molar-refractivity contribution in [2.45, 2.75) is 19.8 Å². The van der Waals surface area contributed by atoms with E-state index in [0.717, 1.165) is 29.4 Å². The lowest BCUT2D eigenvalue weighted by atomic mass is 10.2. The molecule has 0 aliphatic carbocycles. The molecular formula is C11H14N4S. The monoisotopic (exact) mass is 234 g/mol. The molecule has 2 aromatic heterocycles. The highest BCUT2D eigenvalue weighted by atomic mass is 32.1. The Hall–Kier alpha value is -1.49. The van der Waals surface area contributed by atoms with E-state index < -0.39 is 0 Å². The number of hydrogen-bond acceptors (Lipinski definition) is 5. The number of rotatable bonds is 4. The highest BCUT2D eigenvalue weighted by Crippen LogP contribution is 2.20. The molecule has 0 saturated carbocycles. The van der Waals surface area contributed by atoms with Crippen molar-refractivity contribution in [2.75, 3.05) is 12.4 Å². The molecule has 0 aromatic carbocycles. The molecule has 0 fully saturated rings. The topological polar surface area (TPSA) is 50.7 Å². The van der Waals surface area contributed by atoms with Gasteiger partial charge in [-0.25, -0.2) is 15.0 Å². The predicted octanol–water partition coefficient (Wildman–Crippen LogP) is 2.59. The average molecular weight is 234 g/mol. The highest BCUT2D eigenvalue weighted by molar-refractivity contribution is 7.12. The molecule has 2 aromatic rings. The van der Waals surface area contributed by atoms with E-state index >= 15 is 0 Å². The van der Waals surface area contributed by atoms with Crippen LogP contribution in [0, 0.1) is 0 Å². The summed E-state index contributed by atoms with van der Waals surface area (Å²) in [6.07, 6.45) is 3.82. The fraction of sp³-hybridized carbons (Fsp3) is 0.364. The van der Waals surface area contributed by atoms with E-state index in [-0.39, 0.29) is 0 Å². The molecule has 0 aliphatic heterocycles. The SMILES string of the molecule is CCCc1cc(NC)nc(-c2nccs2)n1. The molecule has 5 heteroatoms. The minimum absolute atomic E-state index is 0.713. The van der Waals surface area contributed by atoms with Crippen molar-refractivity contribution < 1.29 is 0 Å². The average Bonchev–Trinajstić information content (AvgIpc) is 2.82. The molecule has 2 heterocycles. The molecule has 0 aliphatic rings. The van der Waals surface area contributed by atoms with Gasteiger partial charge in [0.15, 0.2) is 10.8 Å². The first-order valence-electron chi connectivity index (χ1n) is 5.29. The van der Waals surface area contributed by atoms with Gasteiger partial charge in [0.2, 0.25) is 0 Å². The molecule has 0 bridgehead atoms. The molecule has 0 unspecified atom stereocenters. The number of thiazole rings is 1. The maximum absolute atomic E-state index is 4.51. The summed E-state index contributed by atoms with van der Waals surface area (Å²) < 4.78 is 0. The van der Waals surface area contributed by atoms with Gasteiger partial charge in [-0.15, -0.1) is 11.3 Å². The number of aryl methyl sites for hydroxylation is 1. The van der Waals surface area contributed by atoms with Gasteiger partial charge in [-0.3, -0.25) is 0 Å². The number of aromatic nitrogens is 3. The van der Waals surface area contributed by atoms with Crippen LogP contribution in [0.3, 0.4) is 0 Å². The number of anilines is 1. The van der Waals surface area contributed by atoms with Crippen LogP contribution in [0.1, 0.15) is 19.0 Å². The largest absolute Gasteiger partial charge is 0.373 e. The summed E-state index contributed by atoms with van der Waals surface area (Å²) in [6, 6.07) is 1.99. The van der Waals surface area contributed by atoms with Crippen LogP contribution in [-0.4, -0.2) is 22.0 Å². The molecular weight excluding hydrogens is 220 g/mol. The van der Waals surface area contributed by atoms with Crippen molar-refractivity contribution >= 4 is 17.2 Å². The Bertz CT molecular complexity index is 453. The van der Waals surface area contributed by atoms with Gasteiger partial charge in [-0.05, 0) is 6.42 Å². The van der Waals surface area contributed by atoms with Gasteiger partial charge in [0.05, 0.1) is 0 Å². The van der Waals surface area contributed by atoms with Crippen LogP contribution in [-0.2, 0) is 6.42 Å². The van der Waals surface area contributed by atoms with E-state index in [1.54, 1.807) is 17.5 Å². The van der Waals surface area contributed by atoms with Crippen LogP contribution in [0.15, 0.2) is 17.6 Å². The Kier molecular flexibility index (Phi) is 3.46. The van der Waals surface area contributed by atoms with E-state index in [9.17, 15) is 0 Å². The van der Waals surface area contributed by atoms with Crippen LogP contribution < -0.4 is 5.32 Å². The van der Waals surface area contributed by atoms with Crippen molar-refractivity contribution in [3.8, 4) is 10.8 Å². The van der Waals surface area contributed by atoms with Crippen LogP contribution in [0.25, 0.3) is 10.8 Å². The number of nitrogens with zero attached hydrogens (tertiary/aromatic N) is 3. The highest BCUT2D eigenvalue weighted by Gasteiger charge is 2.07. The third-order valence-corrected chi connectivity index (χ3v) is 2.93. The molecule has 16 heavy (non-hydrogen) atoms. The third-order valence-electron chi connectivity index (χ3n) is 2.17. The lowest BCUT2D eigenvalue weighted by Crippen LogP contribution is -2.00. The summed E-state index contributed by atoms with van der Waals surface area (Å²) in [5, 5.41) is 5.86. The molecule has 1 N–H and O–H groups in total. The van der Waals surface area contributed by atoms with E-state index in [1.807, 2.05) is 18.5 Å². The lowest BCUT2D eigenvalue weighted by molar-refractivity contribution is 0.875. The molecule has 0 saturated heterocycles. The minimum Gasteiger partial charge on any atom is -0.373 e. The van der Waals surface area contributed by atoms with Gasteiger partial charge in [-0.1, -0.05) is 13.3 Å². The van der Waals surface area contributed by atoms with Crippen molar-refractivity contribution in [2.24, 2.45) is 0 Å². The van der Waals surface area contributed by atoms with Crippen LogP contribution >= 0.6 is 11.3 Å². The number of hydrogen-bond donors (Lipinski definition) is 1. The van der Waals surface area contributed by atoms with Crippen LogP contribution in [0.2, 0.25) is 0 Å². The maximum atomic E-state index is 4.51. The van der Waals surface area contributed by atoms with E-state index in [4.69, 9.17) is 0 Å². The van der Waals surface area contributed by atoms with Crippen LogP contribution in [0.4, 0.5) is 5.82 Å². The molecule has 0 atom stereocenters. The lowest BCUT2D eigenvalue weighted by Gasteiger charge is -2.05. The minimum atomic E-state index is 0.713. The van der Waals surface area contributed by atoms with Crippen molar-refractivity contribution in [3.05, 3.63) is 23.3 Å². The van der Waals surface area contributed by atoms with Crippen molar-refractivity contribution in [3.63, 3.8) is 0 Å². The van der Waals surface area contributed by atoms with Gasteiger partial charge in [0, 0.05) is 30.4 Å². The zero-order chi connectivity index (χ0) is 11.4. The molecule has 0 spiro atoms. The van der Waals surface area contributed by atoms with Gasteiger partial charge in [-0.2, -0.15) is 0 Å². The summed E-state index contributed by atoms with van der Waals surface area (Å²) in [6.45, 7) is 2.14. The van der Waals surface area contributed by atoms with E-state index in [2.05, 4.69) is 27.2 Å². The standard InChI is InChI=1S/C11H14N4S/c1-3-4-8-7-9(12-2)15-10(14-8)11-13-5-6-16-11/h5-7H,3-4H2,1-2H3,(H,12,14,15). The van der Waals surface area contributed by atoms with Gasteiger partial charge < -0.3 is 5.32 Å². The summed E-state index contributed by atoms with van der Waals surface area (Å²) in [5.41, 5.74) is 1.06. The Morgan fingerprint density at radius 3 is 2.88 bits per heavy atom. The quantitative estimate of drug-likeness (QED) is 0.883. The summed E-state index contributed by atoms with van der Waals surface area (Å²) in [5.74, 6) is 1.56. The Morgan fingerprint density at radius 1 is 1.38 bits per heavy atom. The zero-order valence-electron chi connectivity index (χ0n) is 9.40. The second kappa shape index (κ2) is 5.03. The second-order valence-corrected chi connectivity index (χ2v) is 4.30. The predicted molar refractivity (Wildman–Crippen MR) is 66.7 cm³/mol. The van der Waals surface area contributed by atoms with Gasteiger partial charge >= 0.3 is 0 Å². The molecule has 0 amide bonds. The first-order valence-corrected chi connectivity index (χ1v) is 6.17. The molecule has 4 nitrogen and oxygen atoms in total. The molecule has 2 rings (SSSR count). The van der Waals surface area contributed by atoms with E-state index in [1.165, 1.54) is 0 Å². The molecule has 0 radical (unpaired) electrons. The van der Waals surface area contributed by atoms with Crippen molar-refractivity contribution in [1.82, 2.24) is 15.0 Å². The fourth-order valence-corrected chi connectivity index (χ4v) is 2.01. The Balaban J connectivity index is 2.41. The number of nitrogens with one attached hydrogen (secondary N) is 1. The van der Waals surface area contributed by atoms with Crippen molar-refractivity contribution in [1.29, 1.82) is 0 Å². The van der Waals surface area contributed by atoms with Gasteiger partial charge in [0.1, 0.15) is 5.82 Å². The summed E-state index contributed by atoms with van der Waals surface area (Å²) >= 11 is 1.56. The Labute approximate surface area is 98.8 Å².